The zero-order chi connectivity index (χ0) is 9.10. The highest BCUT2D eigenvalue weighted by molar-refractivity contribution is 7.15. The lowest BCUT2D eigenvalue weighted by Gasteiger charge is -2.10. The summed E-state index contributed by atoms with van der Waals surface area (Å²) in [5.74, 6) is 0. The fourth-order valence-corrected chi connectivity index (χ4v) is 2.59. The molecule has 72 valence electrons. The molecule has 0 bridgehead atoms. The van der Waals surface area contributed by atoms with E-state index in [1.807, 2.05) is 0 Å². The van der Waals surface area contributed by atoms with Crippen molar-refractivity contribution in [3.05, 3.63) is 5.01 Å². The van der Waals surface area contributed by atoms with E-state index in [1.165, 1.54) is 30.9 Å². The maximum Gasteiger partial charge on any atom is 0.208 e. The first-order valence-electron chi connectivity index (χ1n) is 4.97. The summed E-state index contributed by atoms with van der Waals surface area (Å²) in [7, 11) is 0. The van der Waals surface area contributed by atoms with Gasteiger partial charge in [-0.15, -0.1) is 10.2 Å². The SMILES string of the molecule is CCCc1nnc(N2CCCC2)s1. The van der Waals surface area contributed by atoms with Crippen LogP contribution in [-0.2, 0) is 6.42 Å². The molecule has 2 heterocycles. The Hall–Kier alpha value is -0.640. The number of aryl methyl sites for hydroxylation is 1. The fraction of sp³-hybridized carbons (Fsp3) is 0.778. The van der Waals surface area contributed by atoms with Gasteiger partial charge in [0.05, 0.1) is 0 Å². The molecule has 0 atom stereocenters. The lowest BCUT2D eigenvalue weighted by atomic mass is 10.4. The van der Waals surface area contributed by atoms with Crippen molar-refractivity contribution in [3.63, 3.8) is 0 Å². The Bertz CT molecular complexity index is 266. The predicted molar refractivity (Wildman–Crippen MR) is 55.4 cm³/mol. The third kappa shape index (κ3) is 1.99. The van der Waals surface area contributed by atoms with Crippen molar-refractivity contribution < 1.29 is 0 Å². The Kier molecular flexibility index (Phi) is 2.78. The highest BCUT2D eigenvalue weighted by Gasteiger charge is 2.15. The minimum Gasteiger partial charge on any atom is -0.347 e. The molecule has 0 aromatic carbocycles. The summed E-state index contributed by atoms with van der Waals surface area (Å²) in [5.41, 5.74) is 0. The van der Waals surface area contributed by atoms with Gasteiger partial charge in [-0.3, -0.25) is 0 Å². The molecule has 1 aromatic rings. The fourth-order valence-electron chi connectivity index (χ4n) is 1.60. The van der Waals surface area contributed by atoms with Crippen LogP contribution in [0.15, 0.2) is 0 Å². The molecule has 2 rings (SSSR count). The van der Waals surface area contributed by atoms with Crippen molar-refractivity contribution in [3.8, 4) is 0 Å². The van der Waals surface area contributed by atoms with E-state index in [2.05, 4.69) is 22.0 Å². The Morgan fingerprint density at radius 3 is 2.77 bits per heavy atom. The van der Waals surface area contributed by atoms with Crippen molar-refractivity contribution in [2.45, 2.75) is 32.6 Å². The first-order valence-corrected chi connectivity index (χ1v) is 5.79. The van der Waals surface area contributed by atoms with Gasteiger partial charge in [-0.05, 0) is 19.3 Å². The molecule has 4 heteroatoms. The van der Waals surface area contributed by atoms with Crippen LogP contribution in [0, 0.1) is 0 Å². The summed E-state index contributed by atoms with van der Waals surface area (Å²) in [6.45, 7) is 4.51. The lowest BCUT2D eigenvalue weighted by molar-refractivity contribution is 0.866. The quantitative estimate of drug-likeness (QED) is 0.743. The Morgan fingerprint density at radius 2 is 2.08 bits per heavy atom. The van der Waals surface area contributed by atoms with Gasteiger partial charge < -0.3 is 4.90 Å². The van der Waals surface area contributed by atoms with E-state index < -0.39 is 0 Å². The van der Waals surface area contributed by atoms with Crippen molar-refractivity contribution in [2.75, 3.05) is 18.0 Å². The molecule has 1 aromatic heterocycles. The molecule has 0 N–H and O–H groups in total. The number of nitrogens with zero attached hydrogens (tertiary/aromatic N) is 3. The van der Waals surface area contributed by atoms with Crippen molar-refractivity contribution >= 4 is 16.5 Å². The molecular formula is C9H15N3S. The summed E-state index contributed by atoms with van der Waals surface area (Å²) in [6.07, 6.45) is 4.85. The summed E-state index contributed by atoms with van der Waals surface area (Å²) in [4.78, 5) is 2.34. The molecule has 1 aliphatic rings. The zero-order valence-electron chi connectivity index (χ0n) is 7.99. The lowest BCUT2D eigenvalue weighted by Crippen LogP contribution is -2.17. The standard InChI is InChI=1S/C9H15N3S/c1-2-5-8-10-11-9(13-8)12-6-3-4-7-12/h2-7H2,1H3. The molecule has 13 heavy (non-hydrogen) atoms. The number of anilines is 1. The van der Waals surface area contributed by atoms with Gasteiger partial charge >= 0.3 is 0 Å². The van der Waals surface area contributed by atoms with E-state index in [-0.39, 0.29) is 0 Å². The molecule has 1 fully saturated rings. The van der Waals surface area contributed by atoms with E-state index in [0.29, 0.717) is 0 Å². The van der Waals surface area contributed by atoms with Gasteiger partial charge in [-0.1, -0.05) is 18.3 Å². The van der Waals surface area contributed by atoms with E-state index >= 15 is 0 Å². The highest BCUT2D eigenvalue weighted by atomic mass is 32.1. The highest BCUT2D eigenvalue weighted by Crippen LogP contribution is 2.24. The second-order valence-electron chi connectivity index (χ2n) is 3.42. The van der Waals surface area contributed by atoms with Crippen molar-refractivity contribution in [1.29, 1.82) is 0 Å². The molecule has 0 unspecified atom stereocenters. The van der Waals surface area contributed by atoms with Gasteiger partial charge in [0.2, 0.25) is 5.13 Å². The largest absolute Gasteiger partial charge is 0.347 e. The smallest absolute Gasteiger partial charge is 0.208 e. The first-order chi connectivity index (χ1) is 6.40. The maximum absolute atomic E-state index is 4.21. The van der Waals surface area contributed by atoms with E-state index in [0.717, 1.165) is 18.0 Å². The second kappa shape index (κ2) is 4.05. The van der Waals surface area contributed by atoms with Crippen LogP contribution >= 0.6 is 11.3 Å². The maximum atomic E-state index is 4.21. The van der Waals surface area contributed by atoms with E-state index in [9.17, 15) is 0 Å². The molecule has 0 spiro atoms. The molecule has 1 saturated heterocycles. The van der Waals surface area contributed by atoms with Crippen LogP contribution in [0.25, 0.3) is 0 Å². The number of hydrogen-bond acceptors (Lipinski definition) is 4. The molecule has 0 aliphatic carbocycles. The molecule has 0 radical (unpaired) electrons. The summed E-state index contributed by atoms with van der Waals surface area (Å²) in [5, 5.41) is 10.7. The number of hydrogen-bond donors (Lipinski definition) is 0. The van der Waals surface area contributed by atoms with Gasteiger partial charge in [0.1, 0.15) is 5.01 Å². The molecular weight excluding hydrogens is 182 g/mol. The summed E-state index contributed by atoms with van der Waals surface area (Å²) in [6, 6.07) is 0. The van der Waals surface area contributed by atoms with Gasteiger partial charge in [0.15, 0.2) is 0 Å². The Labute approximate surface area is 82.8 Å². The number of aromatic nitrogens is 2. The Morgan fingerprint density at radius 1 is 1.31 bits per heavy atom. The van der Waals surface area contributed by atoms with E-state index in [4.69, 9.17) is 0 Å². The summed E-state index contributed by atoms with van der Waals surface area (Å²) >= 11 is 1.76. The molecule has 1 aliphatic heterocycles. The second-order valence-corrected chi connectivity index (χ2v) is 4.46. The minimum atomic E-state index is 1.07. The molecule has 3 nitrogen and oxygen atoms in total. The van der Waals surface area contributed by atoms with Gasteiger partial charge in [-0.2, -0.15) is 0 Å². The van der Waals surface area contributed by atoms with Gasteiger partial charge in [0.25, 0.3) is 0 Å². The monoisotopic (exact) mass is 197 g/mol. The van der Waals surface area contributed by atoms with Crippen molar-refractivity contribution in [2.24, 2.45) is 0 Å². The van der Waals surface area contributed by atoms with Crippen LogP contribution in [0.4, 0.5) is 5.13 Å². The predicted octanol–water partition coefficient (Wildman–Crippen LogP) is 2.09. The van der Waals surface area contributed by atoms with Crippen LogP contribution < -0.4 is 4.90 Å². The van der Waals surface area contributed by atoms with E-state index in [1.54, 1.807) is 11.3 Å². The zero-order valence-corrected chi connectivity index (χ0v) is 8.81. The molecule has 0 saturated carbocycles. The van der Waals surface area contributed by atoms with Crippen molar-refractivity contribution in [1.82, 2.24) is 10.2 Å². The normalized spacial score (nSPS) is 16.8. The summed E-state index contributed by atoms with van der Waals surface area (Å²) < 4.78 is 0. The topological polar surface area (TPSA) is 29.0 Å². The average Bonchev–Trinajstić information content (AvgIpc) is 2.70. The van der Waals surface area contributed by atoms with Crippen LogP contribution in [0.5, 0.6) is 0 Å². The number of rotatable bonds is 3. The first kappa shape index (κ1) is 8.94. The third-order valence-electron chi connectivity index (χ3n) is 2.30. The van der Waals surface area contributed by atoms with Gasteiger partial charge in [-0.25, -0.2) is 0 Å². The molecule has 0 amide bonds. The average molecular weight is 197 g/mol. The van der Waals surface area contributed by atoms with Crippen LogP contribution in [0.3, 0.4) is 0 Å². The van der Waals surface area contributed by atoms with Crippen LogP contribution in [0.1, 0.15) is 31.2 Å². The Balaban J connectivity index is 2.03. The third-order valence-corrected chi connectivity index (χ3v) is 3.34. The van der Waals surface area contributed by atoms with Gasteiger partial charge in [0, 0.05) is 19.5 Å². The minimum absolute atomic E-state index is 1.07. The van der Waals surface area contributed by atoms with Crippen LogP contribution in [-0.4, -0.2) is 23.3 Å². The van der Waals surface area contributed by atoms with Crippen LogP contribution in [0.2, 0.25) is 0 Å².